The van der Waals surface area contributed by atoms with Crippen molar-refractivity contribution < 1.29 is 23.7 Å². The van der Waals surface area contributed by atoms with Gasteiger partial charge >= 0.3 is 0 Å². The summed E-state index contributed by atoms with van der Waals surface area (Å²) in [4.78, 5) is 14.7. The first-order valence-corrected chi connectivity index (χ1v) is 9.63. The van der Waals surface area contributed by atoms with Gasteiger partial charge in [0.2, 0.25) is 5.75 Å². The van der Waals surface area contributed by atoms with Crippen molar-refractivity contribution in [2.24, 2.45) is 0 Å². The number of aromatic nitrogens is 2. The van der Waals surface area contributed by atoms with Gasteiger partial charge in [0.15, 0.2) is 17.3 Å². The van der Waals surface area contributed by atoms with E-state index in [9.17, 15) is 4.79 Å². The third kappa shape index (κ3) is 5.20. The highest BCUT2D eigenvalue weighted by Crippen LogP contribution is 2.38. The van der Waals surface area contributed by atoms with Crippen molar-refractivity contribution in [2.45, 2.75) is 0 Å². The number of hydrogen-bond acceptors (Lipinski definition) is 9. The number of nitrogens with one attached hydrogen (secondary N) is 2. The molecule has 1 aromatic heterocycles. The van der Waals surface area contributed by atoms with Gasteiger partial charge in [-0.15, -0.1) is 5.10 Å². The molecule has 1 aromatic carbocycles. The van der Waals surface area contributed by atoms with Gasteiger partial charge in [0.25, 0.3) is 5.91 Å². The maximum Gasteiger partial charge on any atom is 0.251 e. The number of methoxy groups -OCH3 is 3. The van der Waals surface area contributed by atoms with Crippen LogP contribution in [0.1, 0.15) is 10.4 Å². The molecule has 2 heterocycles. The molecule has 0 spiro atoms. The lowest BCUT2D eigenvalue weighted by molar-refractivity contribution is 0.0954. The zero-order valence-electron chi connectivity index (χ0n) is 17.4. The normalized spacial score (nSPS) is 13.5. The number of nitrogens with zero attached hydrogens (tertiary/aromatic N) is 3. The number of benzene rings is 1. The van der Waals surface area contributed by atoms with E-state index in [2.05, 4.69) is 25.7 Å². The van der Waals surface area contributed by atoms with E-state index in [1.54, 1.807) is 18.3 Å². The van der Waals surface area contributed by atoms with Crippen LogP contribution in [0.4, 0.5) is 11.5 Å². The highest BCUT2D eigenvalue weighted by atomic mass is 16.5. The smallest absolute Gasteiger partial charge is 0.251 e. The number of carbonyl (C=O) groups excluding carboxylic acids is 1. The second-order valence-corrected chi connectivity index (χ2v) is 6.50. The topological polar surface area (TPSA) is 107 Å². The molecule has 0 unspecified atom stereocenters. The van der Waals surface area contributed by atoms with E-state index in [0.717, 1.165) is 18.8 Å². The molecular formula is C20H27N5O5. The first-order valence-electron chi connectivity index (χ1n) is 9.63. The Labute approximate surface area is 175 Å². The van der Waals surface area contributed by atoms with Crippen LogP contribution in [0.25, 0.3) is 0 Å². The number of anilines is 2. The van der Waals surface area contributed by atoms with Gasteiger partial charge in [-0.05, 0) is 12.1 Å². The van der Waals surface area contributed by atoms with Crippen molar-refractivity contribution in [1.82, 2.24) is 15.5 Å². The summed E-state index contributed by atoms with van der Waals surface area (Å²) in [5, 5.41) is 14.2. The van der Waals surface area contributed by atoms with Gasteiger partial charge in [0, 0.05) is 37.8 Å². The fraction of sp³-hybridized carbons (Fsp3) is 0.450. The van der Waals surface area contributed by atoms with Crippen molar-refractivity contribution >= 4 is 17.4 Å². The van der Waals surface area contributed by atoms with E-state index < -0.39 is 0 Å². The Morgan fingerprint density at radius 1 is 1.07 bits per heavy atom. The molecule has 2 N–H and O–H groups in total. The molecule has 1 amide bonds. The monoisotopic (exact) mass is 417 g/mol. The minimum absolute atomic E-state index is 0.246. The Hall–Kier alpha value is -3.27. The molecule has 2 aromatic rings. The summed E-state index contributed by atoms with van der Waals surface area (Å²) in [5.41, 5.74) is 1.41. The molecule has 3 rings (SSSR count). The summed E-state index contributed by atoms with van der Waals surface area (Å²) in [6.45, 7) is 3.97. The molecule has 162 valence electrons. The second kappa shape index (κ2) is 10.5. The number of ether oxygens (including phenoxy) is 4. The zero-order chi connectivity index (χ0) is 21.3. The summed E-state index contributed by atoms with van der Waals surface area (Å²) in [6.07, 6.45) is 1.74. The number of rotatable bonds is 9. The fourth-order valence-electron chi connectivity index (χ4n) is 3.12. The van der Waals surface area contributed by atoms with Crippen LogP contribution < -0.4 is 29.7 Å². The highest BCUT2D eigenvalue weighted by molar-refractivity contribution is 5.95. The minimum atomic E-state index is -0.246. The SMILES string of the molecule is COc1cc(C(=O)NCCNc2cc(N3CCOCC3)cnn2)cc(OC)c1OC. The average Bonchev–Trinajstić information content (AvgIpc) is 2.81. The van der Waals surface area contributed by atoms with Gasteiger partial charge in [-0.1, -0.05) is 0 Å². The summed E-state index contributed by atoms with van der Waals surface area (Å²) >= 11 is 0. The third-order valence-electron chi connectivity index (χ3n) is 4.66. The standard InChI is InChI=1S/C20H27N5O5/c1-27-16-10-14(11-17(28-2)19(16)29-3)20(26)22-5-4-21-18-12-15(13-23-24-18)25-6-8-30-9-7-25/h10-13H,4-9H2,1-3H3,(H,21,24)(H,22,26). The summed E-state index contributed by atoms with van der Waals surface area (Å²) < 4.78 is 21.2. The van der Waals surface area contributed by atoms with Gasteiger partial charge in [-0.2, -0.15) is 5.10 Å². The van der Waals surface area contributed by atoms with Crippen LogP contribution in [-0.2, 0) is 4.74 Å². The molecule has 1 fully saturated rings. The molecule has 0 aliphatic carbocycles. The summed E-state index contributed by atoms with van der Waals surface area (Å²) in [7, 11) is 4.53. The van der Waals surface area contributed by atoms with E-state index in [-0.39, 0.29) is 5.91 Å². The van der Waals surface area contributed by atoms with Crippen molar-refractivity contribution in [3.05, 3.63) is 30.0 Å². The van der Waals surface area contributed by atoms with Crippen molar-refractivity contribution in [1.29, 1.82) is 0 Å². The number of carbonyl (C=O) groups is 1. The van der Waals surface area contributed by atoms with Gasteiger partial charge in [0.05, 0.1) is 46.4 Å². The lowest BCUT2D eigenvalue weighted by atomic mass is 10.1. The van der Waals surface area contributed by atoms with E-state index >= 15 is 0 Å². The van der Waals surface area contributed by atoms with Gasteiger partial charge in [-0.3, -0.25) is 4.79 Å². The molecule has 0 radical (unpaired) electrons. The van der Waals surface area contributed by atoms with Crippen LogP contribution in [0.3, 0.4) is 0 Å². The van der Waals surface area contributed by atoms with Crippen LogP contribution in [0, 0.1) is 0 Å². The molecule has 30 heavy (non-hydrogen) atoms. The maximum absolute atomic E-state index is 12.5. The molecule has 0 atom stereocenters. The quantitative estimate of drug-likeness (QED) is 0.582. The van der Waals surface area contributed by atoms with E-state index in [4.69, 9.17) is 18.9 Å². The maximum atomic E-state index is 12.5. The number of morpholine rings is 1. The number of hydrogen-bond donors (Lipinski definition) is 2. The van der Waals surface area contributed by atoms with Crippen molar-refractivity contribution in [3.63, 3.8) is 0 Å². The number of amides is 1. The first kappa shape index (κ1) is 21.4. The van der Waals surface area contributed by atoms with E-state index in [1.165, 1.54) is 21.3 Å². The first-order chi connectivity index (χ1) is 14.7. The predicted octanol–water partition coefficient (Wildman–Crippen LogP) is 1.18. The molecular weight excluding hydrogens is 390 g/mol. The fourth-order valence-corrected chi connectivity index (χ4v) is 3.12. The lowest BCUT2D eigenvalue weighted by Gasteiger charge is -2.28. The predicted molar refractivity (Wildman–Crippen MR) is 112 cm³/mol. The molecule has 0 bridgehead atoms. The van der Waals surface area contributed by atoms with Crippen LogP contribution in [0.2, 0.25) is 0 Å². The minimum Gasteiger partial charge on any atom is -0.493 e. The summed E-state index contributed by atoms with van der Waals surface area (Å²) in [5.74, 6) is 1.70. The molecule has 0 saturated carbocycles. The molecule has 1 aliphatic heterocycles. The zero-order valence-corrected chi connectivity index (χ0v) is 17.4. The van der Waals surface area contributed by atoms with Crippen molar-refractivity contribution in [2.75, 3.05) is 70.9 Å². The Balaban J connectivity index is 1.54. The molecule has 10 nitrogen and oxygen atoms in total. The highest BCUT2D eigenvalue weighted by Gasteiger charge is 2.17. The largest absolute Gasteiger partial charge is 0.493 e. The molecule has 10 heteroatoms. The molecule has 1 saturated heterocycles. The van der Waals surface area contributed by atoms with Crippen LogP contribution in [0.5, 0.6) is 17.2 Å². The summed E-state index contributed by atoms with van der Waals surface area (Å²) in [6, 6.07) is 5.17. The lowest BCUT2D eigenvalue weighted by Crippen LogP contribution is -2.36. The van der Waals surface area contributed by atoms with E-state index in [0.29, 0.717) is 54.9 Å². The van der Waals surface area contributed by atoms with E-state index in [1.807, 2.05) is 6.07 Å². The van der Waals surface area contributed by atoms with Crippen LogP contribution >= 0.6 is 0 Å². The van der Waals surface area contributed by atoms with Gasteiger partial charge in [-0.25, -0.2) is 0 Å². The second-order valence-electron chi connectivity index (χ2n) is 6.50. The average molecular weight is 417 g/mol. The Morgan fingerprint density at radius 3 is 2.40 bits per heavy atom. The van der Waals surface area contributed by atoms with Crippen LogP contribution in [-0.4, -0.2) is 76.8 Å². The Kier molecular flexibility index (Phi) is 7.50. The van der Waals surface area contributed by atoms with Crippen LogP contribution in [0.15, 0.2) is 24.4 Å². The Bertz CT molecular complexity index is 832. The van der Waals surface area contributed by atoms with Gasteiger partial charge in [0.1, 0.15) is 0 Å². The Morgan fingerprint density at radius 2 is 1.77 bits per heavy atom. The third-order valence-corrected chi connectivity index (χ3v) is 4.66. The molecule has 1 aliphatic rings. The van der Waals surface area contributed by atoms with Crippen molar-refractivity contribution in [3.8, 4) is 17.2 Å². The van der Waals surface area contributed by atoms with Gasteiger partial charge < -0.3 is 34.5 Å².